The van der Waals surface area contributed by atoms with Crippen molar-refractivity contribution in [2.45, 2.75) is 23.9 Å². The fourth-order valence-corrected chi connectivity index (χ4v) is 3.61. The summed E-state index contributed by atoms with van der Waals surface area (Å²) in [5, 5.41) is 24.0. The van der Waals surface area contributed by atoms with Crippen LogP contribution in [0, 0.1) is 10.4 Å². The van der Waals surface area contributed by atoms with Gasteiger partial charge in [0.1, 0.15) is 0 Å². The second-order valence-electron chi connectivity index (χ2n) is 4.44. The Bertz CT molecular complexity index is 686. The van der Waals surface area contributed by atoms with Crippen molar-refractivity contribution in [2.75, 3.05) is 0 Å². The molecule has 0 amide bonds. The van der Waals surface area contributed by atoms with Crippen molar-refractivity contribution in [1.82, 2.24) is 0 Å². The second kappa shape index (κ2) is 6.80. The van der Waals surface area contributed by atoms with Crippen molar-refractivity contribution in [3.05, 3.63) is 58.2 Å². The first kappa shape index (κ1) is 16.3. The van der Waals surface area contributed by atoms with E-state index in [2.05, 4.69) is 0 Å². The summed E-state index contributed by atoms with van der Waals surface area (Å²) in [5.74, 6) is -0.296. The fourth-order valence-electron chi connectivity index (χ4n) is 1.58. The minimum Gasteiger partial charge on any atom is -0.618 e. The van der Waals surface area contributed by atoms with Crippen molar-refractivity contribution in [3.8, 4) is 0 Å². The van der Waals surface area contributed by atoms with Gasteiger partial charge < -0.3 is 10.4 Å². The SMILES string of the molecule is CC(=O)c1cc[n+]([O-])c(SSc2cc(C(C)=O)cc[n+]2[O-])c1. The van der Waals surface area contributed by atoms with Crippen molar-refractivity contribution in [2.24, 2.45) is 0 Å². The molecule has 0 fully saturated rings. The van der Waals surface area contributed by atoms with Gasteiger partial charge in [-0.3, -0.25) is 9.59 Å². The van der Waals surface area contributed by atoms with E-state index in [1.165, 1.54) is 50.5 Å². The molecule has 0 spiro atoms. The van der Waals surface area contributed by atoms with E-state index in [1.807, 2.05) is 0 Å². The number of aromatic nitrogens is 2. The maximum Gasteiger partial charge on any atom is 0.263 e. The van der Waals surface area contributed by atoms with Gasteiger partial charge in [0.25, 0.3) is 10.1 Å². The number of rotatable bonds is 5. The number of nitrogens with zero attached hydrogens (tertiary/aromatic N) is 2. The summed E-state index contributed by atoms with van der Waals surface area (Å²) < 4.78 is 1.24. The van der Waals surface area contributed by atoms with Gasteiger partial charge in [-0.15, -0.1) is 0 Å². The summed E-state index contributed by atoms with van der Waals surface area (Å²) in [6, 6.07) is 5.82. The van der Waals surface area contributed by atoms with Crippen LogP contribution < -0.4 is 9.46 Å². The number of carbonyl (C=O) groups is 2. The molecule has 8 heteroatoms. The van der Waals surface area contributed by atoms with E-state index in [1.54, 1.807) is 0 Å². The number of Topliss-reactive ketones (excluding diaryl/α,β-unsaturated/α-hetero) is 2. The molecule has 0 saturated carbocycles. The van der Waals surface area contributed by atoms with Crippen LogP contribution >= 0.6 is 21.6 Å². The molecular weight excluding hydrogens is 324 g/mol. The first-order chi connectivity index (χ1) is 10.4. The zero-order valence-corrected chi connectivity index (χ0v) is 13.4. The third-order valence-electron chi connectivity index (χ3n) is 2.80. The van der Waals surface area contributed by atoms with Gasteiger partial charge in [-0.1, -0.05) is 0 Å². The lowest BCUT2D eigenvalue weighted by molar-refractivity contribution is -0.646. The molecular formula is C14H12N2O4S2. The molecule has 0 atom stereocenters. The highest BCUT2D eigenvalue weighted by Crippen LogP contribution is 2.34. The van der Waals surface area contributed by atoms with Crippen molar-refractivity contribution >= 4 is 33.2 Å². The molecule has 0 bridgehead atoms. The Hall–Kier alpha value is -2.06. The smallest absolute Gasteiger partial charge is 0.263 e. The Balaban J connectivity index is 2.23. The average molecular weight is 336 g/mol. The van der Waals surface area contributed by atoms with Crippen molar-refractivity contribution in [1.29, 1.82) is 0 Å². The summed E-state index contributed by atoms with van der Waals surface area (Å²) in [6.07, 6.45) is 2.49. The Morgan fingerprint density at radius 3 is 1.55 bits per heavy atom. The zero-order chi connectivity index (χ0) is 16.3. The third-order valence-corrected chi connectivity index (χ3v) is 5.09. The van der Waals surface area contributed by atoms with Gasteiger partial charge >= 0.3 is 0 Å². The first-order valence-electron chi connectivity index (χ1n) is 6.21. The molecule has 0 aromatic carbocycles. The molecule has 2 rings (SSSR count). The Labute approximate surface area is 134 Å². The van der Waals surface area contributed by atoms with Gasteiger partial charge in [0.15, 0.2) is 24.0 Å². The van der Waals surface area contributed by atoms with Gasteiger partial charge in [-0.25, -0.2) is 0 Å². The first-order valence-corrected chi connectivity index (χ1v) is 8.36. The van der Waals surface area contributed by atoms with E-state index in [9.17, 15) is 20.0 Å². The monoisotopic (exact) mass is 336 g/mol. The zero-order valence-electron chi connectivity index (χ0n) is 11.8. The fraction of sp³-hybridized carbons (Fsp3) is 0.143. The van der Waals surface area contributed by atoms with Crippen LogP contribution in [0.1, 0.15) is 34.6 Å². The minimum atomic E-state index is -0.148. The average Bonchev–Trinajstić information content (AvgIpc) is 2.47. The Kier molecular flexibility index (Phi) is 5.04. The molecule has 22 heavy (non-hydrogen) atoms. The van der Waals surface area contributed by atoms with Crippen LogP contribution in [0.2, 0.25) is 0 Å². The molecule has 0 radical (unpaired) electrons. The van der Waals surface area contributed by atoms with Crippen molar-refractivity contribution in [3.63, 3.8) is 0 Å². The molecule has 0 aliphatic carbocycles. The number of ketones is 2. The van der Waals surface area contributed by atoms with Crippen LogP contribution in [-0.4, -0.2) is 11.6 Å². The minimum absolute atomic E-state index is 0.148. The van der Waals surface area contributed by atoms with E-state index >= 15 is 0 Å². The largest absolute Gasteiger partial charge is 0.618 e. The van der Waals surface area contributed by atoms with Crippen molar-refractivity contribution < 1.29 is 19.0 Å². The van der Waals surface area contributed by atoms with E-state index in [0.717, 1.165) is 21.6 Å². The number of hydrogen-bond donors (Lipinski definition) is 0. The molecule has 114 valence electrons. The number of carbonyl (C=O) groups excluding carboxylic acids is 2. The van der Waals surface area contributed by atoms with E-state index in [4.69, 9.17) is 0 Å². The summed E-state index contributed by atoms with van der Waals surface area (Å²) in [7, 11) is 2.10. The summed E-state index contributed by atoms with van der Waals surface area (Å²) in [5.41, 5.74) is 0.838. The summed E-state index contributed by atoms with van der Waals surface area (Å²) in [6.45, 7) is 2.82. The molecule has 0 saturated heterocycles. The predicted octanol–water partition coefficient (Wildman–Crippen LogP) is 2.16. The quantitative estimate of drug-likeness (QED) is 0.360. The number of pyridine rings is 2. The van der Waals surface area contributed by atoms with Gasteiger partial charge in [-0.2, -0.15) is 9.46 Å². The lowest BCUT2D eigenvalue weighted by atomic mass is 10.2. The standard InChI is InChI=1S/C14H12N2O4S2/c1-9(17)11-3-5-15(19)13(7-11)21-22-14-8-12(10(2)18)4-6-16(14)20/h3-8H,1-2H3. The molecule has 6 nitrogen and oxygen atoms in total. The molecule has 0 aliphatic heterocycles. The van der Waals surface area contributed by atoms with Crippen LogP contribution in [0.25, 0.3) is 0 Å². The van der Waals surface area contributed by atoms with Gasteiger partial charge in [0.05, 0.1) is 0 Å². The van der Waals surface area contributed by atoms with Crippen LogP contribution in [0.3, 0.4) is 0 Å². The van der Waals surface area contributed by atoms with Crippen LogP contribution in [0.5, 0.6) is 0 Å². The van der Waals surface area contributed by atoms with Crippen LogP contribution in [-0.2, 0) is 0 Å². The topological polar surface area (TPSA) is 88.0 Å². The highest BCUT2D eigenvalue weighted by atomic mass is 33.1. The maximum absolute atomic E-state index is 11.7. The van der Waals surface area contributed by atoms with E-state index in [0.29, 0.717) is 20.6 Å². The second-order valence-corrected chi connectivity index (χ2v) is 6.61. The van der Waals surface area contributed by atoms with E-state index in [-0.39, 0.29) is 21.6 Å². The van der Waals surface area contributed by atoms with Crippen LogP contribution in [0.4, 0.5) is 0 Å². The molecule has 0 aliphatic rings. The highest BCUT2D eigenvalue weighted by molar-refractivity contribution is 8.76. The summed E-state index contributed by atoms with van der Waals surface area (Å²) >= 11 is 0. The molecule has 2 aromatic rings. The normalized spacial score (nSPS) is 10.5. The van der Waals surface area contributed by atoms with Crippen LogP contribution in [0.15, 0.2) is 46.7 Å². The molecule has 2 aromatic heterocycles. The molecule has 0 unspecified atom stereocenters. The highest BCUT2D eigenvalue weighted by Gasteiger charge is 2.16. The third kappa shape index (κ3) is 3.77. The van der Waals surface area contributed by atoms with Gasteiger partial charge in [0, 0.05) is 57.0 Å². The van der Waals surface area contributed by atoms with Gasteiger partial charge in [-0.05, 0) is 13.8 Å². The lowest BCUT2D eigenvalue weighted by Crippen LogP contribution is -2.29. The summed E-state index contributed by atoms with van der Waals surface area (Å²) in [4.78, 5) is 22.7. The lowest BCUT2D eigenvalue weighted by Gasteiger charge is -2.06. The molecule has 0 N–H and O–H groups in total. The Morgan fingerprint density at radius 2 is 1.23 bits per heavy atom. The number of hydrogen-bond acceptors (Lipinski definition) is 6. The Morgan fingerprint density at radius 1 is 0.864 bits per heavy atom. The maximum atomic E-state index is 11.7. The van der Waals surface area contributed by atoms with Gasteiger partial charge in [0.2, 0.25) is 0 Å². The van der Waals surface area contributed by atoms with E-state index < -0.39 is 0 Å². The predicted molar refractivity (Wildman–Crippen MR) is 82.5 cm³/mol. The molecule has 2 heterocycles.